The molecule has 0 bridgehead atoms. The highest BCUT2D eigenvalue weighted by molar-refractivity contribution is 7.16. The Kier molecular flexibility index (Phi) is 2.89. The van der Waals surface area contributed by atoms with Crippen molar-refractivity contribution in [1.29, 1.82) is 0 Å². The Hall–Kier alpha value is -1.36. The van der Waals surface area contributed by atoms with Gasteiger partial charge >= 0.3 is 0 Å². The van der Waals surface area contributed by atoms with Gasteiger partial charge in [-0.2, -0.15) is 4.98 Å². The molecule has 1 aliphatic rings. The van der Waals surface area contributed by atoms with Gasteiger partial charge in [-0.15, -0.1) is 11.3 Å². The van der Waals surface area contributed by atoms with E-state index in [0.717, 1.165) is 35.7 Å². The summed E-state index contributed by atoms with van der Waals surface area (Å²) < 4.78 is 5.43. The molecule has 2 aromatic rings. The van der Waals surface area contributed by atoms with Gasteiger partial charge in [-0.05, 0) is 30.2 Å². The summed E-state index contributed by atoms with van der Waals surface area (Å²) in [7, 11) is 0. The van der Waals surface area contributed by atoms with Crippen LogP contribution >= 0.6 is 11.3 Å². The summed E-state index contributed by atoms with van der Waals surface area (Å²) in [5.74, 6) is 1.36. The van der Waals surface area contributed by atoms with Gasteiger partial charge in [-0.3, -0.25) is 0 Å². The second-order valence-corrected chi connectivity index (χ2v) is 7.49. The van der Waals surface area contributed by atoms with Crippen LogP contribution in [0.25, 0.3) is 11.5 Å². The number of nitrogen functional groups attached to an aromatic ring is 1. The van der Waals surface area contributed by atoms with Crippen LogP contribution in [0.15, 0.2) is 4.52 Å². The summed E-state index contributed by atoms with van der Waals surface area (Å²) in [6.45, 7) is 6.50. The first-order valence-corrected chi connectivity index (χ1v) is 7.49. The van der Waals surface area contributed by atoms with E-state index in [9.17, 15) is 0 Å². The van der Waals surface area contributed by atoms with Crippen LogP contribution in [0, 0.1) is 5.41 Å². The third-order valence-electron chi connectivity index (χ3n) is 3.32. The molecule has 0 spiro atoms. The summed E-state index contributed by atoms with van der Waals surface area (Å²) in [5.41, 5.74) is 8.59. The van der Waals surface area contributed by atoms with Crippen LogP contribution < -0.4 is 5.73 Å². The highest BCUT2D eigenvalue weighted by Gasteiger charge is 2.26. The zero-order valence-corrected chi connectivity index (χ0v) is 12.4. The first kappa shape index (κ1) is 12.7. The molecule has 0 amide bonds. The molecular formula is C14H19N3OS. The standard InChI is InChI=1S/C14H19N3OS/c1-14(2,3)7-10-16-13(18-17-10)11-8-5-4-6-9(8)19-12(11)15/h4-7,15H2,1-3H3. The van der Waals surface area contributed by atoms with Crippen LogP contribution in [0.4, 0.5) is 5.00 Å². The molecule has 19 heavy (non-hydrogen) atoms. The number of thiophene rings is 1. The van der Waals surface area contributed by atoms with Gasteiger partial charge in [-0.1, -0.05) is 25.9 Å². The minimum atomic E-state index is 0.156. The minimum absolute atomic E-state index is 0.156. The fraction of sp³-hybridized carbons (Fsp3) is 0.571. The van der Waals surface area contributed by atoms with Crippen LogP contribution in [-0.4, -0.2) is 10.1 Å². The third kappa shape index (κ3) is 2.39. The first-order valence-electron chi connectivity index (χ1n) is 6.67. The van der Waals surface area contributed by atoms with E-state index in [1.807, 2.05) is 0 Å². The molecule has 102 valence electrons. The number of nitrogens with zero attached hydrogens (tertiary/aromatic N) is 2. The van der Waals surface area contributed by atoms with E-state index in [1.54, 1.807) is 11.3 Å². The van der Waals surface area contributed by atoms with Crippen molar-refractivity contribution in [3.63, 3.8) is 0 Å². The molecule has 4 nitrogen and oxygen atoms in total. The van der Waals surface area contributed by atoms with Gasteiger partial charge in [-0.25, -0.2) is 0 Å². The lowest BCUT2D eigenvalue weighted by Gasteiger charge is -2.14. The minimum Gasteiger partial charge on any atom is -0.390 e. The SMILES string of the molecule is CC(C)(C)Cc1noc(-c2c(N)sc3c2CCC3)n1. The van der Waals surface area contributed by atoms with Crippen molar-refractivity contribution in [2.75, 3.05) is 5.73 Å². The molecule has 1 aliphatic carbocycles. The van der Waals surface area contributed by atoms with Crippen molar-refractivity contribution in [3.8, 4) is 11.5 Å². The first-order chi connectivity index (χ1) is 8.94. The second-order valence-electron chi connectivity index (χ2n) is 6.35. The molecule has 0 radical (unpaired) electrons. The van der Waals surface area contributed by atoms with E-state index < -0.39 is 0 Å². The Morgan fingerprint density at radius 2 is 2.11 bits per heavy atom. The van der Waals surface area contributed by atoms with Crippen molar-refractivity contribution in [2.24, 2.45) is 5.41 Å². The average Bonchev–Trinajstić information content (AvgIpc) is 2.91. The van der Waals surface area contributed by atoms with Gasteiger partial charge in [0.15, 0.2) is 5.82 Å². The molecule has 3 rings (SSSR count). The Balaban J connectivity index is 1.95. The van der Waals surface area contributed by atoms with Crippen LogP contribution in [0.2, 0.25) is 0 Å². The molecule has 2 heterocycles. The lowest BCUT2D eigenvalue weighted by atomic mass is 9.92. The third-order valence-corrected chi connectivity index (χ3v) is 4.44. The molecule has 2 aromatic heterocycles. The normalized spacial score (nSPS) is 14.9. The number of hydrogen-bond acceptors (Lipinski definition) is 5. The van der Waals surface area contributed by atoms with E-state index in [1.165, 1.54) is 16.9 Å². The average molecular weight is 277 g/mol. The van der Waals surface area contributed by atoms with Gasteiger partial charge < -0.3 is 10.3 Å². The van der Waals surface area contributed by atoms with Gasteiger partial charge in [0, 0.05) is 11.3 Å². The molecule has 5 heteroatoms. The van der Waals surface area contributed by atoms with Crippen molar-refractivity contribution >= 4 is 16.3 Å². The fourth-order valence-corrected chi connectivity index (χ4v) is 3.71. The molecule has 0 aromatic carbocycles. The lowest BCUT2D eigenvalue weighted by Crippen LogP contribution is -2.10. The number of nitrogens with two attached hydrogens (primary N) is 1. The number of rotatable bonds is 2. The van der Waals surface area contributed by atoms with E-state index in [2.05, 4.69) is 30.9 Å². The summed E-state index contributed by atoms with van der Waals surface area (Å²) >= 11 is 1.67. The van der Waals surface area contributed by atoms with E-state index in [-0.39, 0.29) is 5.41 Å². The predicted molar refractivity (Wildman–Crippen MR) is 77.2 cm³/mol. The lowest BCUT2D eigenvalue weighted by molar-refractivity contribution is 0.374. The largest absolute Gasteiger partial charge is 0.390 e. The van der Waals surface area contributed by atoms with Gasteiger partial charge in [0.25, 0.3) is 5.89 Å². The van der Waals surface area contributed by atoms with Crippen LogP contribution in [0.5, 0.6) is 0 Å². The van der Waals surface area contributed by atoms with Crippen molar-refractivity contribution < 1.29 is 4.52 Å². The van der Waals surface area contributed by atoms with E-state index in [0.29, 0.717) is 5.89 Å². The maximum Gasteiger partial charge on any atom is 0.261 e. The maximum absolute atomic E-state index is 6.11. The van der Waals surface area contributed by atoms with Crippen molar-refractivity contribution in [2.45, 2.75) is 46.5 Å². The van der Waals surface area contributed by atoms with Crippen molar-refractivity contribution in [3.05, 3.63) is 16.3 Å². The Labute approximate surface area is 117 Å². The quantitative estimate of drug-likeness (QED) is 0.913. The second kappa shape index (κ2) is 4.34. The van der Waals surface area contributed by atoms with Crippen LogP contribution in [-0.2, 0) is 19.3 Å². The highest BCUT2D eigenvalue weighted by Crippen LogP contribution is 2.42. The van der Waals surface area contributed by atoms with Crippen LogP contribution in [0.1, 0.15) is 43.5 Å². The molecule has 0 saturated heterocycles. The smallest absolute Gasteiger partial charge is 0.261 e. The summed E-state index contributed by atoms with van der Waals surface area (Å²) in [5, 5.41) is 4.90. The zero-order chi connectivity index (χ0) is 13.6. The van der Waals surface area contributed by atoms with Gasteiger partial charge in [0.05, 0.1) is 10.6 Å². The van der Waals surface area contributed by atoms with Gasteiger partial charge in [0.2, 0.25) is 0 Å². The maximum atomic E-state index is 6.11. The number of hydrogen-bond donors (Lipinski definition) is 1. The summed E-state index contributed by atoms with van der Waals surface area (Å²) in [4.78, 5) is 5.92. The fourth-order valence-electron chi connectivity index (χ4n) is 2.56. The molecule has 0 unspecified atom stereocenters. The Morgan fingerprint density at radius 3 is 2.84 bits per heavy atom. The Morgan fingerprint density at radius 1 is 1.32 bits per heavy atom. The molecule has 0 aliphatic heterocycles. The van der Waals surface area contributed by atoms with Gasteiger partial charge in [0.1, 0.15) is 0 Å². The zero-order valence-electron chi connectivity index (χ0n) is 11.6. The molecule has 2 N–H and O–H groups in total. The molecule has 0 fully saturated rings. The monoisotopic (exact) mass is 277 g/mol. The summed E-state index contributed by atoms with van der Waals surface area (Å²) in [6.07, 6.45) is 4.22. The number of anilines is 1. The summed E-state index contributed by atoms with van der Waals surface area (Å²) in [6, 6.07) is 0. The topological polar surface area (TPSA) is 64.9 Å². The molecule has 0 saturated carbocycles. The van der Waals surface area contributed by atoms with Crippen molar-refractivity contribution in [1.82, 2.24) is 10.1 Å². The molecule has 0 atom stereocenters. The highest BCUT2D eigenvalue weighted by atomic mass is 32.1. The number of aryl methyl sites for hydroxylation is 1. The van der Waals surface area contributed by atoms with Crippen LogP contribution in [0.3, 0.4) is 0 Å². The predicted octanol–water partition coefficient (Wildman–Crippen LogP) is 3.46. The van der Waals surface area contributed by atoms with E-state index >= 15 is 0 Å². The molecular weight excluding hydrogens is 258 g/mol. The van der Waals surface area contributed by atoms with E-state index in [4.69, 9.17) is 10.3 Å². The number of aromatic nitrogens is 2. The Bertz CT molecular complexity index is 607. The number of fused-ring (bicyclic) bond motifs is 1.